The van der Waals surface area contributed by atoms with Crippen LogP contribution < -0.4 is 0 Å². The quantitative estimate of drug-likeness (QED) is 0.600. The van der Waals surface area contributed by atoms with E-state index in [1.54, 1.807) is 0 Å². The molecule has 0 aliphatic heterocycles. The maximum Gasteiger partial charge on any atom is -0.0132 e. The second kappa shape index (κ2) is 6.97. The van der Waals surface area contributed by atoms with Crippen molar-refractivity contribution in [2.24, 2.45) is 5.92 Å². The maximum absolute atomic E-state index is 2.33. The summed E-state index contributed by atoms with van der Waals surface area (Å²) in [5, 5.41) is 0. The maximum atomic E-state index is 2.33. The Bertz CT molecular complexity index is 326. The van der Waals surface area contributed by atoms with Gasteiger partial charge in [0.25, 0.3) is 0 Å². The summed E-state index contributed by atoms with van der Waals surface area (Å²) in [5.74, 6) is 0.866. The van der Waals surface area contributed by atoms with Crippen molar-refractivity contribution in [3.8, 4) is 0 Å². The topological polar surface area (TPSA) is 0 Å². The predicted octanol–water partition coefficient (Wildman–Crippen LogP) is 5.74. The van der Waals surface area contributed by atoms with Crippen molar-refractivity contribution in [3.05, 3.63) is 35.4 Å². The van der Waals surface area contributed by atoms with E-state index in [1.165, 1.54) is 43.2 Å². The second-order valence-electron chi connectivity index (χ2n) is 6.57. The van der Waals surface area contributed by atoms with Crippen molar-refractivity contribution in [2.75, 3.05) is 0 Å². The molecule has 0 saturated carbocycles. The fourth-order valence-corrected chi connectivity index (χ4v) is 2.42. The molecular formula is C18H30. The lowest BCUT2D eigenvalue weighted by atomic mass is 9.85. The molecule has 0 heteroatoms. The van der Waals surface area contributed by atoms with Gasteiger partial charge in [0.15, 0.2) is 0 Å². The van der Waals surface area contributed by atoms with Gasteiger partial charge in [-0.05, 0) is 28.9 Å². The average molecular weight is 246 g/mol. The van der Waals surface area contributed by atoms with Crippen molar-refractivity contribution in [2.45, 2.75) is 72.1 Å². The van der Waals surface area contributed by atoms with Crippen LogP contribution in [0.3, 0.4) is 0 Å². The molecule has 0 fully saturated rings. The minimum absolute atomic E-state index is 0.269. The van der Waals surface area contributed by atoms with Crippen molar-refractivity contribution in [1.29, 1.82) is 0 Å². The third-order valence-electron chi connectivity index (χ3n) is 3.89. The van der Waals surface area contributed by atoms with E-state index in [0.29, 0.717) is 0 Å². The number of rotatable bonds is 6. The van der Waals surface area contributed by atoms with Crippen LogP contribution in [0.5, 0.6) is 0 Å². The van der Waals surface area contributed by atoms with Gasteiger partial charge in [-0.1, -0.05) is 84.6 Å². The molecule has 0 spiro atoms. The van der Waals surface area contributed by atoms with E-state index in [2.05, 4.69) is 58.9 Å². The molecule has 1 aromatic carbocycles. The number of unbranched alkanes of at least 4 members (excludes halogenated alkanes) is 1. The largest absolute Gasteiger partial charge is 0.0654 e. The third-order valence-corrected chi connectivity index (χ3v) is 3.89. The molecule has 0 aromatic heterocycles. The molecule has 1 unspecified atom stereocenters. The molecule has 0 radical (unpaired) electrons. The van der Waals surface area contributed by atoms with Gasteiger partial charge in [-0.2, -0.15) is 0 Å². The first-order chi connectivity index (χ1) is 8.47. The first kappa shape index (κ1) is 15.3. The molecule has 0 aliphatic rings. The Labute approximate surface area is 114 Å². The van der Waals surface area contributed by atoms with Crippen LogP contribution >= 0.6 is 0 Å². The summed E-state index contributed by atoms with van der Waals surface area (Å²) < 4.78 is 0. The molecule has 0 heterocycles. The summed E-state index contributed by atoms with van der Waals surface area (Å²) >= 11 is 0. The van der Waals surface area contributed by atoms with E-state index >= 15 is 0 Å². The predicted molar refractivity (Wildman–Crippen MR) is 82.2 cm³/mol. The van der Waals surface area contributed by atoms with E-state index in [9.17, 15) is 0 Å². The number of hydrogen-bond donors (Lipinski definition) is 0. The second-order valence-corrected chi connectivity index (χ2v) is 6.57. The monoisotopic (exact) mass is 246 g/mol. The van der Waals surface area contributed by atoms with Crippen LogP contribution in [0.4, 0.5) is 0 Å². The summed E-state index contributed by atoms with van der Waals surface area (Å²) in [4.78, 5) is 0. The summed E-state index contributed by atoms with van der Waals surface area (Å²) in [6.45, 7) is 11.4. The highest BCUT2D eigenvalue weighted by molar-refractivity contribution is 5.27. The van der Waals surface area contributed by atoms with Gasteiger partial charge in [0.2, 0.25) is 0 Å². The molecule has 0 aliphatic carbocycles. The SMILES string of the molecule is CCCCC(CC)Cc1ccc(C(C)(C)C)cc1. The van der Waals surface area contributed by atoms with Gasteiger partial charge in [0.05, 0.1) is 0 Å². The van der Waals surface area contributed by atoms with E-state index in [4.69, 9.17) is 0 Å². The minimum Gasteiger partial charge on any atom is -0.0654 e. The number of hydrogen-bond acceptors (Lipinski definition) is 0. The van der Waals surface area contributed by atoms with Gasteiger partial charge in [-0.15, -0.1) is 0 Å². The Kier molecular flexibility index (Phi) is 5.91. The summed E-state index contributed by atoms with van der Waals surface area (Å²) in [6.07, 6.45) is 6.63. The van der Waals surface area contributed by atoms with Gasteiger partial charge < -0.3 is 0 Å². The molecule has 102 valence electrons. The Morgan fingerprint density at radius 1 is 1.00 bits per heavy atom. The standard InChI is InChI=1S/C18H30/c1-6-8-9-15(7-2)14-16-10-12-17(13-11-16)18(3,4)5/h10-13,15H,6-9,14H2,1-5H3. The molecule has 0 saturated heterocycles. The fourth-order valence-electron chi connectivity index (χ4n) is 2.42. The van der Waals surface area contributed by atoms with E-state index < -0.39 is 0 Å². The van der Waals surface area contributed by atoms with E-state index in [-0.39, 0.29) is 5.41 Å². The van der Waals surface area contributed by atoms with Crippen molar-refractivity contribution < 1.29 is 0 Å². The smallest absolute Gasteiger partial charge is 0.0132 e. The van der Waals surface area contributed by atoms with Crippen LogP contribution in [0.15, 0.2) is 24.3 Å². The van der Waals surface area contributed by atoms with Crippen LogP contribution in [-0.2, 0) is 11.8 Å². The zero-order valence-electron chi connectivity index (χ0n) is 12.9. The van der Waals surface area contributed by atoms with E-state index in [1.807, 2.05) is 0 Å². The van der Waals surface area contributed by atoms with Crippen LogP contribution in [0, 0.1) is 5.92 Å². The summed E-state index contributed by atoms with van der Waals surface area (Å²) in [7, 11) is 0. The van der Waals surface area contributed by atoms with Gasteiger partial charge in [-0.3, -0.25) is 0 Å². The minimum atomic E-state index is 0.269. The molecule has 1 atom stereocenters. The summed E-state index contributed by atoms with van der Waals surface area (Å²) in [6, 6.07) is 9.27. The van der Waals surface area contributed by atoms with Crippen molar-refractivity contribution >= 4 is 0 Å². The van der Waals surface area contributed by atoms with Crippen molar-refractivity contribution in [1.82, 2.24) is 0 Å². The summed E-state index contributed by atoms with van der Waals surface area (Å²) in [5.41, 5.74) is 3.21. The Morgan fingerprint density at radius 3 is 2.06 bits per heavy atom. The van der Waals surface area contributed by atoms with Crippen molar-refractivity contribution in [3.63, 3.8) is 0 Å². The van der Waals surface area contributed by atoms with Gasteiger partial charge in [0.1, 0.15) is 0 Å². The number of benzene rings is 1. The van der Waals surface area contributed by atoms with Gasteiger partial charge in [-0.25, -0.2) is 0 Å². The zero-order valence-corrected chi connectivity index (χ0v) is 12.9. The lowest BCUT2D eigenvalue weighted by Crippen LogP contribution is -2.11. The lowest BCUT2D eigenvalue weighted by molar-refractivity contribution is 0.449. The highest BCUT2D eigenvalue weighted by atomic mass is 14.2. The normalized spacial score (nSPS) is 13.6. The van der Waals surface area contributed by atoms with Crippen LogP contribution in [0.25, 0.3) is 0 Å². The molecule has 1 aromatic rings. The van der Waals surface area contributed by atoms with Crippen LogP contribution in [0.2, 0.25) is 0 Å². The average Bonchev–Trinajstić information content (AvgIpc) is 2.34. The molecule has 18 heavy (non-hydrogen) atoms. The van der Waals surface area contributed by atoms with Crippen LogP contribution in [-0.4, -0.2) is 0 Å². The molecule has 0 bridgehead atoms. The van der Waals surface area contributed by atoms with Gasteiger partial charge in [0, 0.05) is 0 Å². The Morgan fingerprint density at radius 2 is 1.61 bits per heavy atom. The lowest BCUT2D eigenvalue weighted by Gasteiger charge is -2.20. The Hall–Kier alpha value is -0.780. The third kappa shape index (κ3) is 4.84. The van der Waals surface area contributed by atoms with Crippen LogP contribution in [0.1, 0.15) is 71.4 Å². The molecule has 0 amide bonds. The fraction of sp³-hybridized carbons (Fsp3) is 0.667. The Balaban J connectivity index is 2.62. The molecule has 0 N–H and O–H groups in total. The molecule has 1 rings (SSSR count). The molecule has 0 nitrogen and oxygen atoms in total. The highest BCUT2D eigenvalue weighted by Crippen LogP contribution is 2.24. The first-order valence-corrected chi connectivity index (χ1v) is 7.56. The van der Waals surface area contributed by atoms with E-state index in [0.717, 1.165) is 5.92 Å². The van der Waals surface area contributed by atoms with Gasteiger partial charge >= 0.3 is 0 Å². The zero-order chi connectivity index (χ0) is 13.6. The highest BCUT2D eigenvalue weighted by Gasteiger charge is 2.13. The first-order valence-electron chi connectivity index (χ1n) is 7.56. The molecular weight excluding hydrogens is 216 g/mol.